The molecule has 3 rings (SSSR count). The summed E-state index contributed by atoms with van der Waals surface area (Å²) in [5.74, 6) is 1.44. The fraction of sp³-hybridized carbons (Fsp3) is 0.389. The lowest BCUT2D eigenvalue weighted by atomic mass is 9.97. The van der Waals surface area contributed by atoms with Gasteiger partial charge in [-0.1, -0.05) is 12.1 Å². The third-order valence-electron chi connectivity index (χ3n) is 4.64. The minimum atomic E-state index is 0.104. The number of phenols is 1. The van der Waals surface area contributed by atoms with E-state index in [1.54, 1.807) is 18.2 Å². The normalized spacial score (nSPS) is 20.0. The summed E-state index contributed by atoms with van der Waals surface area (Å²) in [6.07, 6.45) is 3.07. The number of nitrogens with two attached hydrogens (primary N) is 1. The predicted molar refractivity (Wildman–Crippen MR) is 92.3 cm³/mol. The van der Waals surface area contributed by atoms with E-state index in [1.807, 2.05) is 13.1 Å². The number of benzene rings is 1. The van der Waals surface area contributed by atoms with Crippen LogP contribution in [0.2, 0.25) is 0 Å². The molecule has 0 saturated heterocycles. The second-order valence-electron chi connectivity index (χ2n) is 6.26. The molecule has 4 N–H and O–H groups in total. The Morgan fingerprint density at radius 3 is 2.83 bits per heavy atom. The third kappa shape index (κ3) is 3.03. The molecular weight excluding hydrogens is 302 g/mol. The molecular formula is C18H21N5O. The van der Waals surface area contributed by atoms with E-state index in [0.717, 1.165) is 25.8 Å². The van der Waals surface area contributed by atoms with Gasteiger partial charge < -0.3 is 16.2 Å². The summed E-state index contributed by atoms with van der Waals surface area (Å²) < 4.78 is 0. The molecule has 0 radical (unpaired) electrons. The summed E-state index contributed by atoms with van der Waals surface area (Å²) in [7, 11) is 1.95. The van der Waals surface area contributed by atoms with E-state index in [9.17, 15) is 10.4 Å². The smallest absolute Gasteiger partial charge is 0.165 e. The van der Waals surface area contributed by atoms with Gasteiger partial charge >= 0.3 is 0 Å². The second kappa shape index (κ2) is 6.85. The van der Waals surface area contributed by atoms with Crippen molar-refractivity contribution in [2.45, 2.75) is 25.2 Å². The number of nitriles is 1. The highest BCUT2D eigenvalue weighted by Crippen LogP contribution is 2.40. The van der Waals surface area contributed by atoms with Gasteiger partial charge in [0, 0.05) is 5.92 Å². The molecule has 1 aliphatic carbocycles. The summed E-state index contributed by atoms with van der Waals surface area (Å²) in [5, 5.41) is 22.7. The van der Waals surface area contributed by atoms with Crippen molar-refractivity contribution in [3.63, 3.8) is 0 Å². The molecule has 6 heteroatoms. The maximum absolute atomic E-state index is 10.1. The van der Waals surface area contributed by atoms with Gasteiger partial charge in [-0.2, -0.15) is 5.26 Å². The molecule has 0 amide bonds. The van der Waals surface area contributed by atoms with Crippen LogP contribution in [0.1, 0.15) is 36.4 Å². The molecule has 24 heavy (non-hydrogen) atoms. The molecule has 1 saturated carbocycles. The van der Waals surface area contributed by atoms with Gasteiger partial charge in [0.15, 0.2) is 5.82 Å². The van der Waals surface area contributed by atoms with E-state index in [1.165, 1.54) is 0 Å². The van der Waals surface area contributed by atoms with Crippen LogP contribution in [0.3, 0.4) is 0 Å². The highest BCUT2D eigenvalue weighted by Gasteiger charge is 2.30. The zero-order chi connectivity index (χ0) is 17.1. The van der Waals surface area contributed by atoms with Crippen LogP contribution in [0.25, 0.3) is 11.4 Å². The van der Waals surface area contributed by atoms with Gasteiger partial charge in [0.05, 0.1) is 11.3 Å². The molecule has 1 heterocycles. The van der Waals surface area contributed by atoms with Crippen molar-refractivity contribution in [3.05, 3.63) is 35.5 Å². The van der Waals surface area contributed by atoms with Gasteiger partial charge in [-0.3, -0.25) is 0 Å². The SMILES string of the molecule is CNCC1CCC(c2nc(-c3ccccc3O)nc(N)c2C#N)C1. The minimum Gasteiger partial charge on any atom is -0.507 e. The number of para-hydroxylation sites is 1. The number of rotatable bonds is 4. The predicted octanol–water partition coefficient (Wildman–Crippen LogP) is 2.41. The number of aromatic hydroxyl groups is 1. The Morgan fingerprint density at radius 2 is 2.12 bits per heavy atom. The van der Waals surface area contributed by atoms with Gasteiger partial charge in [-0.25, -0.2) is 9.97 Å². The number of anilines is 1. The molecule has 124 valence electrons. The highest BCUT2D eigenvalue weighted by atomic mass is 16.3. The molecule has 2 unspecified atom stereocenters. The Balaban J connectivity index is 2.03. The van der Waals surface area contributed by atoms with Crippen LogP contribution >= 0.6 is 0 Å². The van der Waals surface area contributed by atoms with Crippen LogP contribution in [0.5, 0.6) is 5.75 Å². The van der Waals surface area contributed by atoms with Crippen molar-refractivity contribution in [2.24, 2.45) is 5.92 Å². The van der Waals surface area contributed by atoms with Crippen molar-refractivity contribution < 1.29 is 5.11 Å². The van der Waals surface area contributed by atoms with Gasteiger partial charge in [-0.05, 0) is 50.9 Å². The average molecular weight is 323 g/mol. The molecule has 1 fully saturated rings. The molecule has 0 spiro atoms. The van der Waals surface area contributed by atoms with Crippen molar-refractivity contribution in [1.29, 1.82) is 5.26 Å². The Labute approximate surface area is 141 Å². The Kier molecular flexibility index (Phi) is 4.63. The lowest BCUT2D eigenvalue weighted by Gasteiger charge is -2.15. The monoisotopic (exact) mass is 323 g/mol. The fourth-order valence-corrected chi connectivity index (χ4v) is 3.49. The lowest BCUT2D eigenvalue weighted by Crippen LogP contribution is -2.16. The maximum atomic E-state index is 10.1. The summed E-state index contributed by atoms with van der Waals surface area (Å²) in [6.45, 7) is 0.964. The molecule has 1 aromatic carbocycles. The molecule has 1 aliphatic rings. The van der Waals surface area contributed by atoms with E-state index in [0.29, 0.717) is 28.6 Å². The first kappa shape index (κ1) is 16.2. The summed E-state index contributed by atoms with van der Waals surface area (Å²) in [6, 6.07) is 9.04. The molecule has 2 atom stereocenters. The van der Waals surface area contributed by atoms with Gasteiger partial charge in [0.2, 0.25) is 0 Å². The third-order valence-corrected chi connectivity index (χ3v) is 4.64. The first-order valence-electron chi connectivity index (χ1n) is 8.14. The molecule has 0 bridgehead atoms. The number of nitrogen functional groups attached to an aromatic ring is 1. The lowest BCUT2D eigenvalue weighted by molar-refractivity contribution is 0.477. The Hall–Kier alpha value is -2.65. The standard InChI is InChI=1S/C18H21N5O/c1-21-10-11-6-7-12(8-11)16-14(9-19)17(20)23-18(22-16)13-4-2-3-5-15(13)24/h2-5,11-12,21,24H,6-8,10H2,1H3,(H2,20,22,23). The summed E-state index contributed by atoms with van der Waals surface area (Å²) in [5.41, 5.74) is 7.62. The van der Waals surface area contributed by atoms with Crippen molar-refractivity contribution in [3.8, 4) is 23.2 Å². The average Bonchev–Trinajstić information content (AvgIpc) is 3.03. The van der Waals surface area contributed by atoms with Gasteiger partial charge in [-0.15, -0.1) is 0 Å². The molecule has 1 aromatic heterocycles. The number of hydrogen-bond acceptors (Lipinski definition) is 6. The van der Waals surface area contributed by atoms with Crippen molar-refractivity contribution in [2.75, 3.05) is 19.3 Å². The molecule has 0 aliphatic heterocycles. The highest BCUT2D eigenvalue weighted by molar-refractivity contribution is 5.66. The van der Waals surface area contributed by atoms with Crippen molar-refractivity contribution in [1.82, 2.24) is 15.3 Å². The first-order chi connectivity index (χ1) is 11.6. The van der Waals surface area contributed by atoms with E-state index in [4.69, 9.17) is 5.73 Å². The Morgan fingerprint density at radius 1 is 1.33 bits per heavy atom. The molecule has 2 aromatic rings. The van der Waals surface area contributed by atoms with Crippen LogP contribution in [-0.2, 0) is 0 Å². The van der Waals surface area contributed by atoms with Crippen LogP contribution < -0.4 is 11.1 Å². The quantitative estimate of drug-likeness (QED) is 0.797. The topological polar surface area (TPSA) is 108 Å². The molecule has 6 nitrogen and oxygen atoms in total. The number of nitrogens with zero attached hydrogens (tertiary/aromatic N) is 3. The summed E-state index contributed by atoms with van der Waals surface area (Å²) in [4.78, 5) is 8.85. The van der Waals surface area contributed by atoms with Gasteiger partial charge in [0.25, 0.3) is 0 Å². The van der Waals surface area contributed by atoms with Crippen LogP contribution in [-0.4, -0.2) is 28.7 Å². The fourth-order valence-electron chi connectivity index (χ4n) is 3.49. The number of nitrogens with one attached hydrogen (secondary N) is 1. The van der Waals surface area contributed by atoms with Crippen LogP contribution in [0.15, 0.2) is 24.3 Å². The first-order valence-corrected chi connectivity index (χ1v) is 8.14. The number of aromatic nitrogens is 2. The van der Waals surface area contributed by atoms with E-state index in [-0.39, 0.29) is 17.5 Å². The summed E-state index contributed by atoms with van der Waals surface area (Å²) >= 11 is 0. The van der Waals surface area contributed by atoms with Crippen molar-refractivity contribution >= 4 is 5.82 Å². The van der Waals surface area contributed by atoms with Crippen LogP contribution in [0.4, 0.5) is 5.82 Å². The maximum Gasteiger partial charge on any atom is 0.165 e. The zero-order valence-corrected chi connectivity index (χ0v) is 13.7. The second-order valence-corrected chi connectivity index (χ2v) is 6.26. The van der Waals surface area contributed by atoms with E-state index >= 15 is 0 Å². The van der Waals surface area contributed by atoms with E-state index < -0.39 is 0 Å². The number of phenolic OH excluding ortho intramolecular Hbond substituents is 1. The zero-order valence-electron chi connectivity index (χ0n) is 13.7. The van der Waals surface area contributed by atoms with E-state index in [2.05, 4.69) is 21.4 Å². The largest absolute Gasteiger partial charge is 0.507 e. The van der Waals surface area contributed by atoms with Crippen LogP contribution in [0, 0.1) is 17.2 Å². The van der Waals surface area contributed by atoms with Gasteiger partial charge in [0.1, 0.15) is 23.2 Å². The number of hydrogen-bond donors (Lipinski definition) is 3. The Bertz CT molecular complexity index is 783. The minimum absolute atomic E-state index is 0.104.